The zero-order valence-electron chi connectivity index (χ0n) is 7.57. The third-order valence-electron chi connectivity index (χ3n) is 1.61. The molecule has 0 aliphatic heterocycles. The van der Waals surface area contributed by atoms with Gasteiger partial charge in [-0.3, -0.25) is 0 Å². The molecule has 0 fully saturated rings. The van der Waals surface area contributed by atoms with Crippen LogP contribution < -0.4 is 0 Å². The minimum absolute atomic E-state index is 0.0462. The molecule has 0 spiro atoms. The van der Waals surface area contributed by atoms with Gasteiger partial charge in [0.15, 0.2) is 0 Å². The van der Waals surface area contributed by atoms with Crippen molar-refractivity contribution in [2.75, 3.05) is 0 Å². The van der Waals surface area contributed by atoms with Crippen LogP contribution in [0.15, 0.2) is 23.3 Å². The van der Waals surface area contributed by atoms with Crippen molar-refractivity contribution in [1.82, 2.24) is 0 Å². The van der Waals surface area contributed by atoms with Crippen LogP contribution in [0, 0.1) is 0 Å². The molecule has 0 radical (unpaired) electrons. The molecule has 2 N–H and O–H groups in total. The van der Waals surface area contributed by atoms with Gasteiger partial charge in [0.2, 0.25) is 0 Å². The van der Waals surface area contributed by atoms with Gasteiger partial charge in [-0.1, -0.05) is 12.5 Å². The first-order valence-corrected chi connectivity index (χ1v) is 3.83. The Labute approximate surface area is 76.2 Å². The Bertz CT molecular complexity index is 273. The van der Waals surface area contributed by atoms with Gasteiger partial charge in [0.1, 0.15) is 0 Å². The highest BCUT2D eigenvalue weighted by Gasteiger charge is 2.06. The van der Waals surface area contributed by atoms with Gasteiger partial charge in [-0.25, -0.2) is 9.59 Å². The van der Waals surface area contributed by atoms with E-state index in [1.165, 1.54) is 0 Å². The van der Waals surface area contributed by atoms with E-state index >= 15 is 0 Å². The van der Waals surface area contributed by atoms with E-state index in [4.69, 9.17) is 10.2 Å². The first kappa shape index (κ1) is 11.4. The van der Waals surface area contributed by atoms with Gasteiger partial charge in [-0.2, -0.15) is 0 Å². The Hall–Kier alpha value is -1.58. The molecule has 0 aromatic carbocycles. The highest BCUT2D eigenvalue weighted by atomic mass is 16.4. The number of carboxylic acid groups (broad SMARTS) is 2. The van der Waals surface area contributed by atoms with Crippen LogP contribution in [0.5, 0.6) is 0 Å². The maximum Gasteiger partial charge on any atom is 0.335 e. The molecular formula is C9H12O4. The molecule has 0 atom stereocenters. The minimum Gasteiger partial charge on any atom is -0.478 e. The predicted octanol–water partition coefficient (Wildman–Crippen LogP) is 1.44. The maximum absolute atomic E-state index is 10.6. The first-order chi connectivity index (χ1) is 5.99. The number of aliphatic carboxylic acids is 2. The van der Waals surface area contributed by atoms with Crippen LogP contribution >= 0.6 is 0 Å². The molecule has 0 aliphatic rings. The second kappa shape index (κ2) is 5.13. The quantitative estimate of drug-likeness (QED) is 0.512. The molecule has 0 aliphatic carbocycles. The molecule has 72 valence electrons. The van der Waals surface area contributed by atoms with E-state index < -0.39 is 11.9 Å². The fourth-order valence-electron chi connectivity index (χ4n) is 0.741. The van der Waals surface area contributed by atoms with E-state index in [0.29, 0.717) is 12.0 Å². The third-order valence-corrected chi connectivity index (χ3v) is 1.61. The summed E-state index contributed by atoms with van der Waals surface area (Å²) >= 11 is 0. The number of carbonyl (C=O) groups is 2. The highest BCUT2D eigenvalue weighted by Crippen LogP contribution is 2.09. The third kappa shape index (κ3) is 4.10. The summed E-state index contributed by atoms with van der Waals surface area (Å²) in [7, 11) is 0. The minimum atomic E-state index is -1.15. The summed E-state index contributed by atoms with van der Waals surface area (Å²) in [5, 5.41) is 17.0. The molecule has 0 amide bonds. The zero-order valence-corrected chi connectivity index (χ0v) is 7.57. The van der Waals surface area contributed by atoms with Crippen molar-refractivity contribution < 1.29 is 19.8 Å². The van der Waals surface area contributed by atoms with E-state index in [2.05, 4.69) is 0 Å². The molecule has 4 nitrogen and oxygen atoms in total. The highest BCUT2D eigenvalue weighted by molar-refractivity contribution is 5.93. The van der Waals surface area contributed by atoms with Gasteiger partial charge in [-0.15, -0.1) is 0 Å². The van der Waals surface area contributed by atoms with E-state index in [-0.39, 0.29) is 5.57 Å². The van der Waals surface area contributed by atoms with E-state index in [9.17, 15) is 9.59 Å². The molecule has 0 heterocycles. The summed E-state index contributed by atoms with van der Waals surface area (Å²) < 4.78 is 0. The normalized spacial score (nSPS) is 12.8. The average Bonchev–Trinajstić information content (AvgIpc) is 2.03. The summed E-state index contributed by atoms with van der Waals surface area (Å²) in [6.45, 7) is 3.47. The largest absolute Gasteiger partial charge is 0.478 e. The second-order valence-electron chi connectivity index (χ2n) is 2.52. The van der Waals surface area contributed by atoms with Gasteiger partial charge in [0.05, 0.1) is 5.57 Å². The van der Waals surface area contributed by atoms with Crippen LogP contribution in [-0.4, -0.2) is 22.2 Å². The topological polar surface area (TPSA) is 74.6 Å². The van der Waals surface area contributed by atoms with Gasteiger partial charge >= 0.3 is 11.9 Å². The molecule has 0 aromatic rings. The Kier molecular flexibility index (Phi) is 4.51. The van der Waals surface area contributed by atoms with Gasteiger partial charge in [0, 0.05) is 6.08 Å². The van der Waals surface area contributed by atoms with Crippen LogP contribution in [-0.2, 0) is 9.59 Å². The van der Waals surface area contributed by atoms with Crippen molar-refractivity contribution in [3.05, 3.63) is 23.3 Å². The second-order valence-corrected chi connectivity index (χ2v) is 2.52. The van der Waals surface area contributed by atoms with Crippen LogP contribution in [0.2, 0.25) is 0 Å². The van der Waals surface area contributed by atoms with Crippen LogP contribution in [0.25, 0.3) is 0 Å². The van der Waals surface area contributed by atoms with Gasteiger partial charge in [0.25, 0.3) is 0 Å². The molecule has 0 rings (SSSR count). The number of hydrogen-bond acceptors (Lipinski definition) is 2. The van der Waals surface area contributed by atoms with Crippen molar-refractivity contribution in [3.8, 4) is 0 Å². The van der Waals surface area contributed by atoms with E-state index in [1.54, 1.807) is 6.92 Å². The Morgan fingerprint density at radius 1 is 1.23 bits per heavy atom. The predicted molar refractivity (Wildman–Crippen MR) is 47.4 cm³/mol. The van der Waals surface area contributed by atoms with Crippen molar-refractivity contribution >= 4 is 11.9 Å². The number of allylic oxidation sites excluding steroid dienone is 1. The Balaban J connectivity index is 4.85. The molecule has 0 unspecified atom stereocenters. The number of hydrogen-bond donors (Lipinski definition) is 2. The first-order valence-electron chi connectivity index (χ1n) is 3.83. The van der Waals surface area contributed by atoms with Gasteiger partial charge < -0.3 is 10.2 Å². The lowest BCUT2D eigenvalue weighted by molar-refractivity contribution is -0.132. The van der Waals surface area contributed by atoms with Crippen LogP contribution in [0.4, 0.5) is 0 Å². The molecule has 0 aromatic heterocycles. The van der Waals surface area contributed by atoms with E-state index in [1.807, 2.05) is 6.92 Å². The zero-order chi connectivity index (χ0) is 10.4. The van der Waals surface area contributed by atoms with Crippen molar-refractivity contribution in [3.63, 3.8) is 0 Å². The fraction of sp³-hybridized carbons (Fsp3) is 0.333. The smallest absolute Gasteiger partial charge is 0.335 e. The summed E-state index contributed by atoms with van der Waals surface area (Å²) in [5.74, 6) is -2.25. The van der Waals surface area contributed by atoms with Gasteiger partial charge in [-0.05, 0) is 19.4 Å². The Morgan fingerprint density at radius 3 is 2.08 bits per heavy atom. The standard InChI is InChI=1S/C9H12O4/c1-3-6(2)7(9(12)13)4-5-8(10)11/h4-5H,3H2,1-2H3,(H,10,11)(H,12,13). The lowest BCUT2D eigenvalue weighted by atomic mass is 10.1. The molecule has 0 saturated carbocycles. The van der Waals surface area contributed by atoms with E-state index in [0.717, 1.165) is 12.2 Å². The lowest BCUT2D eigenvalue weighted by Gasteiger charge is -1.99. The molecular weight excluding hydrogens is 172 g/mol. The van der Waals surface area contributed by atoms with Crippen molar-refractivity contribution in [1.29, 1.82) is 0 Å². The summed E-state index contributed by atoms with van der Waals surface area (Å²) in [4.78, 5) is 20.7. The number of rotatable bonds is 4. The maximum atomic E-state index is 10.6. The SMILES string of the molecule is CCC(C)=C(C=CC(=O)O)C(=O)O. The number of carboxylic acids is 2. The summed E-state index contributed by atoms with van der Waals surface area (Å²) in [5.41, 5.74) is 0.704. The monoisotopic (exact) mass is 184 g/mol. The molecule has 0 saturated heterocycles. The van der Waals surface area contributed by atoms with Crippen LogP contribution in [0.3, 0.4) is 0 Å². The van der Waals surface area contributed by atoms with Crippen molar-refractivity contribution in [2.24, 2.45) is 0 Å². The summed E-state index contributed by atoms with van der Waals surface area (Å²) in [6.07, 6.45) is 2.51. The Morgan fingerprint density at radius 2 is 1.77 bits per heavy atom. The lowest BCUT2D eigenvalue weighted by Crippen LogP contribution is -2.01. The summed E-state index contributed by atoms with van der Waals surface area (Å²) in [6, 6.07) is 0. The fourth-order valence-corrected chi connectivity index (χ4v) is 0.741. The molecule has 4 heteroatoms. The molecule has 0 bridgehead atoms. The van der Waals surface area contributed by atoms with Crippen molar-refractivity contribution in [2.45, 2.75) is 20.3 Å². The van der Waals surface area contributed by atoms with Crippen LogP contribution in [0.1, 0.15) is 20.3 Å². The molecule has 13 heavy (non-hydrogen) atoms. The average molecular weight is 184 g/mol.